The highest BCUT2D eigenvalue weighted by Gasteiger charge is 2.20. The molecule has 0 aliphatic carbocycles. The van der Waals surface area contributed by atoms with Gasteiger partial charge >= 0.3 is 6.09 Å². The largest absolute Gasteiger partial charge is 0.492 e. The lowest BCUT2D eigenvalue weighted by Gasteiger charge is -2.19. The van der Waals surface area contributed by atoms with Crippen LogP contribution in [0.25, 0.3) is 11.3 Å². The SMILES string of the molecule is CC(C)(C)OC(=O)n1ccc(-c2ccccc2NC(=O)c2ccc(OCCN3CCCCCC3)cc2)n1. The third-order valence-corrected chi connectivity index (χ3v) is 6.11. The first-order chi connectivity index (χ1) is 17.8. The van der Waals surface area contributed by atoms with Crippen molar-refractivity contribution in [3.05, 3.63) is 66.4 Å². The van der Waals surface area contributed by atoms with E-state index >= 15 is 0 Å². The molecule has 196 valence electrons. The molecule has 37 heavy (non-hydrogen) atoms. The number of rotatable bonds is 7. The molecule has 1 fully saturated rings. The van der Waals surface area contributed by atoms with E-state index in [0.29, 0.717) is 29.1 Å². The van der Waals surface area contributed by atoms with Gasteiger partial charge in [-0.15, -0.1) is 0 Å². The Morgan fingerprint density at radius 3 is 2.35 bits per heavy atom. The molecule has 2 heterocycles. The summed E-state index contributed by atoms with van der Waals surface area (Å²) in [5.74, 6) is 0.509. The number of likely N-dealkylation sites (tertiary alicyclic amines) is 1. The summed E-state index contributed by atoms with van der Waals surface area (Å²) in [7, 11) is 0. The molecule has 8 nitrogen and oxygen atoms in total. The number of anilines is 1. The smallest absolute Gasteiger partial charge is 0.435 e. The summed E-state index contributed by atoms with van der Waals surface area (Å²) in [5, 5.41) is 7.32. The molecule has 0 unspecified atom stereocenters. The fourth-order valence-corrected chi connectivity index (χ4v) is 4.24. The zero-order chi connectivity index (χ0) is 26.3. The molecular weight excluding hydrogens is 468 g/mol. The van der Waals surface area contributed by atoms with Crippen molar-refractivity contribution in [3.8, 4) is 17.0 Å². The highest BCUT2D eigenvalue weighted by atomic mass is 16.6. The number of carbonyl (C=O) groups excluding carboxylic acids is 2. The molecule has 3 aromatic rings. The second-order valence-corrected chi connectivity index (χ2v) is 10.3. The van der Waals surface area contributed by atoms with Crippen molar-refractivity contribution in [1.82, 2.24) is 14.7 Å². The van der Waals surface area contributed by atoms with Gasteiger partial charge in [-0.05, 0) is 83.1 Å². The maximum atomic E-state index is 13.0. The summed E-state index contributed by atoms with van der Waals surface area (Å²) in [6.45, 7) is 9.24. The summed E-state index contributed by atoms with van der Waals surface area (Å²) in [4.78, 5) is 27.8. The number of benzene rings is 2. The zero-order valence-corrected chi connectivity index (χ0v) is 21.9. The minimum absolute atomic E-state index is 0.241. The molecule has 1 amide bonds. The topological polar surface area (TPSA) is 85.7 Å². The Balaban J connectivity index is 1.36. The van der Waals surface area contributed by atoms with Gasteiger partial charge in [0.2, 0.25) is 0 Å². The van der Waals surface area contributed by atoms with Crippen LogP contribution in [0.2, 0.25) is 0 Å². The van der Waals surface area contributed by atoms with Crippen LogP contribution in [-0.4, -0.2) is 58.5 Å². The molecule has 0 bridgehead atoms. The molecule has 2 aromatic carbocycles. The summed E-state index contributed by atoms with van der Waals surface area (Å²) in [5.41, 5.74) is 1.75. The zero-order valence-electron chi connectivity index (χ0n) is 21.9. The predicted octanol–water partition coefficient (Wildman–Crippen LogP) is 5.84. The maximum absolute atomic E-state index is 13.0. The van der Waals surface area contributed by atoms with E-state index in [1.54, 1.807) is 51.2 Å². The lowest BCUT2D eigenvalue weighted by atomic mass is 10.1. The van der Waals surface area contributed by atoms with Crippen LogP contribution in [0, 0.1) is 0 Å². The van der Waals surface area contributed by atoms with Crippen molar-refractivity contribution in [2.24, 2.45) is 0 Å². The van der Waals surface area contributed by atoms with Crippen molar-refractivity contribution in [2.45, 2.75) is 52.1 Å². The molecule has 1 aromatic heterocycles. The number of hydrogen-bond acceptors (Lipinski definition) is 6. The maximum Gasteiger partial charge on any atom is 0.435 e. The third-order valence-electron chi connectivity index (χ3n) is 6.11. The van der Waals surface area contributed by atoms with E-state index in [-0.39, 0.29) is 5.91 Å². The number of aromatic nitrogens is 2. The first-order valence-corrected chi connectivity index (χ1v) is 12.9. The van der Waals surface area contributed by atoms with Gasteiger partial charge in [-0.1, -0.05) is 31.0 Å². The first-order valence-electron chi connectivity index (χ1n) is 12.9. The van der Waals surface area contributed by atoms with Gasteiger partial charge in [0.1, 0.15) is 18.0 Å². The molecular formula is C29H36N4O4. The van der Waals surface area contributed by atoms with Crippen molar-refractivity contribution < 1.29 is 19.1 Å². The van der Waals surface area contributed by atoms with E-state index < -0.39 is 11.7 Å². The van der Waals surface area contributed by atoms with Gasteiger partial charge in [0.15, 0.2) is 0 Å². The fraction of sp³-hybridized carbons (Fsp3) is 0.414. The summed E-state index contributed by atoms with van der Waals surface area (Å²) in [6.07, 6.45) is 6.15. The number of nitrogens with one attached hydrogen (secondary N) is 1. The second-order valence-electron chi connectivity index (χ2n) is 10.3. The third kappa shape index (κ3) is 7.67. The molecule has 1 N–H and O–H groups in total. The van der Waals surface area contributed by atoms with E-state index in [2.05, 4.69) is 15.3 Å². The van der Waals surface area contributed by atoms with Crippen molar-refractivity contribution >= 4 is 17.7 Å². The highest BCUT2D eigenvalue weighted by Crippen LogP contribution is 2.27. The molecule has 0 saturated carbocycles. The van der Waals surface area contributed by atoms with E-state index in [0.717, 1.165) is 30.1 Å². The minimum Gasteiger partial charge on any atom is -0.492 e. The Bertz CT molecular complexity index is 1190. The van der Waals surface area contributed by atoms with Crippen LogP contribution in [0.1, 0.15) is 56.8 Å². The Morgan fingerprint density at radius 1 is 0.946 bits per heavy atom. The highest BCUT2D eigenvalue weighted by molar-refractivity contribution is 6.06. The van der Waals surface area contributed by atoms with Gasteiger partial charge in [-0.25, -0.2) is 4.79 Å². The number of para-hydroxylation sites is 1. The number of carbonyl (C=O) groups is 2. The Morgan fingerprint density at radius 2 is 1.65 bits per heavy atom. The van der Waals surface area contributed by atoms with Gasteiger partial charge in [-0.3, -0.25) is 9.69 Å². The van der Waals surface area contributed by atoms with Gasteiger partial charge in [0.05, 0.1) is 11.4 Å². The number of nitrogens with zero attached hydrogens (tertiary/aromatic N) is 3. The second kappa shape index (κ2) is 12.1. The van der Waals surface area contributed by atoms with E-state index in [1.165, 1.54) is 25.7 Å². The van der Waals surface area contributed by atoms with Crippen LogP contribution in [0.3, 0.4) is 0 Å². The predicted molar refractivity (Wildman–Crippen MR) is 144 cm³/mol. The molecule has 0 atom stereocenters. The van der Waals surface area contributed by atoms with Crippen LogP contribution in [0.4, 0.5) is 10.5 Å². The van der Waals surface area contributed by atoms with E-state index in [9.17, 15) is 9.59 Å². The number of hydrogen-bond donors (Lipinski definition) is 1. The summed E-state index contributed by atoms with van der Waals surface area (Å²) >= 11 is 0. The van der Waals surface area contributed by atoms with Gasteiger partial charge in [0.25, 0.3) is 5.91 Å². The molecule has 1 saturated heterocycles. The lowest BCUT2D eigenvalue weighted by Crippen LogP contribution is -2.29. The molecule has 8 heteroatoms. The average molecular weight is 505 g/mol. The van der Waals surface area contributed by atoms with E-state index in [4.69, 9.17) is 9.47 Å². The fourth-order valence-electron chi connectivity index (χ4n) is 4.24. The van der Waals surface area contributed by atoms with Crippen LogP contribution in [-0.2, 0) is 4.74 Å². The molecule has 1 aliphatic rings. The minimum atomic E-state index is -0.623. The Labute approximate surface area is 218 Å². The molecule has 4 rings (SSSR count). The summed E-state index contributed by atoms with van der Waals surface area (Å²) < 4.78 is 12.4. The number of ether oxygens (including phenoxy) is 2. The molecule has 0 spiro atoms. The summed E-state index contributed by atoms with van der Waals surface area (Å²) in [6, 6.07) is 16.2. The average Bonchev–Trinajstić information content (AvgIpc) is 3.22. The normalized spacial score (nSPS) is 14.6. The van der Waals surface area contributed by atoms with Gasteiger partial charge in [0, 0.05) is 23.9 Å². The van der Waals surface area contributed by atoms with Crippen LogP contribution in [0.5, 0.6) is 5.75 Å². The van der Waals surface area contributed by atoms with Crippen molar-refractivity contribution in [1.29, 1.82) is 0 Å². The van der Waals surface area contributed by atoms with Gasteiger partial charge < -0.3 is 14.8 Å². The molecule has 1 aliphatic heterocycles. The van der Waals surface area contributed by atoms with Crippen LogP contribution in [0.15, 0.2) is 60.8 Å². The van der Waals surface area contributed by atoms with Crippen molar-refractivity contribution in [2.75, 3.05) is 31.6 Å². The monoisotopic (exact) mass is 504 g/mol. The van der Waals surface area contributed by atoms with Crippen molar-refractivity contribution in [3.63, 3.8) is 0 Å². The van der Waals surface area contributed by atoms with E-state index in [1.807, 2.05) is 30.3 Å². The lowest BCUT2D eigenvalue weighted by molar-refractivity contribution is 0.0514. The first kappa shape index (κ1) is 26.4. The standard InChI is InChI=1S/C29H36N4O4/c1-29(2,3)37-28(35)33-19-16-26(31-33)24-10-6-7-11-25(24)30-27(34)22-12-14-23(15-13-22)36-21-20-32-17-8-4-5-9-18-32/h6-7,10-16,19H,4-5,8-9,17-18,20-21H2,1-3H3,(H,30,34). The Hall–Kier alpha value is -3.65. The quantitative estimate of drug-likeness (QED) is 0.435. The Kier molecular flexibility index (Phi) is 8.61. The van der Waals surface area contributed by atoms with Gasteiger partial charge in [-0.2, -0.15) is 9.78 Å². The van der Waals surface area contributed by atoms with Crippen LogP contribution >= 0.6 is 0 Å². The number of amides is 1. The van der Waals surface area contributed by atoms with Crippen LogP contribution < -0.4 is 10.1 Å². The molecule has 0 radical (unpaired) electrons.